The molecule has 0 bridgehead atoms. The molecule has 9 heteroatoms. The molecule has 2 aliphatic heterocycles. The Hall–Kier alpha value is -2.78. The lowest BCUT2D eigenvalue weighted by atomic mass is 10.0. The third-order valence-electron chi connectivity index (χ3n) is 5.28. The summed E-state index contributed by atoms with van der Waals surface area (Å²) in [6.07, 6.45) is 2.32. The first-order valence-electron chi connectivity index (χ1n) is 9.87. The largest absolute Gasteiger partial charge is 0.756 e. The predicted molar refractivity (Wildman–Crippen MR) is 109 cm³/mol. The zero-order valence-electron chi connectivity index (χ0n) is 16.4. The van der Waals surface area contributed by atoms with E-state index < -0.39 is 0 Å². The number of aromatic nitrogens is 2. The van der Waals surface area contributed by atoms with Crippen molar-refractivity contribution < 1.29 is 9.18 Å². The van der Waals surface area contributed by atoms with Crippen LogP contribution in [0.1, 0.15) is 30.4 Å². The summed E-state index contributed by atoms with van der Waals surface area (Å²) in [6, 6.07) is 4.53. The second-order valence-corrected chi connectivity index (χ2v) is 7.39. The Morgan fingerprint density at radius 3 is 2.97 bits per heavy atom. The predicted octanol–water partition coefficient (Wildman–Crippen LogP) is 2.38. The van der Waals surface area contributed by atoms with Crippen LogP contribution < -0.4 is 15.7 Å². The monoisotopic (exact) mass is 399 g/mol. The first kappa shape index (κ1) is 19.5. The number of hydrogen-bond donors (Lipinski definition) is 2. The van der Waals surface area contributed by atoms with Crippen LogP contribution in [0.15, 0.2) is 18.2 Å². The van der Waals surface area contributed by atoms with Gasteiger partial charge in [0.05, 0.1) is 12.4 Å². The maximum atomic E-state index is 13.6. The normalized spacial score (nSPS) is 16.3. The van der Waals surface area contributed by atoms with Gasteiger partial charge >= 0.3 is 0 Å². The van der Waals surface area contributed by atoms with Gasteiger partial charge in [0.1, 0.15) is 11.6 Å². The fourth-order valence-corrected chi connectivity index (χ4v) is 3.80. The fraction of sp³-hybridized carbons (Fsp3) is 0.450. The molecule has 2 aromatic rings. The van der Waals surface area contributed by atoms with E-state index in [2.05, 4.69) is 20.6 Å². The minimum atomic E-state index is -0.312. The summed E-state index contributed by atoms with van der Waals surface area (Å²) in [5.74, 6) is 0.582. The van der Waals surface area contributed by atoms with Crippen LogP contribution in [0.3, 0.4) is 0 Å². The van der Waals surface area contributed by atoms with E-state index in [9.17, 15) is 14.4 Å². The second kappa shape index (κ2) is 8.30. The molecule has 1 fully saturated rings. The number of likely N-dealkylation sites (tertiary alicyclic amines) is 1. The van der Waals surface area contributed by atoms with E-state index >= 15 is 0 Å². The number of benzene rings is 1. The number of fused-ring (bicyclic) bond motifs is 1. The van der Waals surface area contributed by atoms with Gasteiger partial charge in [-0.05, 0) is 43.5 Å². The highest BCUT2D eigenvalue weighted by Gasteiger charge is 2.22. The smallest absolute Gasteiger partial charge is 0.225 e. The maximum absolute atomic E-state index is 13.6. The van der Waals surface area contributed by atoms with Gasteiger partial charge in [-0.1, -0.05) is 0 Å². The Bertz CT molecular complexity index is 922. The lowest BCUT2D eigenvalue weighted by Gasteiger charge is -2.36. The fourth-order valence-electron chi connectivity index (χ4n) is 3.80. The molecule has 1 aromatic heterocycles. The van der Waals surface area contributed by atoms with Crippen molar-refractivity contribution in [2.24, 2.45) is 0 Å². The van der Waals surface area contributed by atoms with Crippen molar-refractivity contribution in [1.29, 1.82) is 0 Å². The lowest BCUT2D eigenvalue weighted by Crippen LogP contribution is -2.36. The number of carbonyl (C=O) groups excluding carboxylic acids is 1. The number of rotatable bonds is 6. The van der Waals surface area contributed by atoms with Gasteiger partial charge in [0, 0.05) is 43.7 Å². The molecule has 1 amide bonds. The highest BCUT2D eigenvalue weighted by atomic mass is 19.1. The molecular formula is C20H24FN6O2-. The van der Waals surface area contributed by atoms with Crippen molar-refractivity contribution in [1.82, 2.24) is 20.2 Å². The Balaban J connectivity index is 1.56. The van der Waals surface area contributed by atoms with Gasteiger partial charge in [0.25, 0.3) is 0 Å². The number of nitrogens with zero attached hydrogens (tertiary/aromatic N) is 4. The van der Waals surface area contributed by atoms with Crippen molar-refractivity contribution in [2.45, 2.75) is 32.7 Å². The molecule has 0 spiro atoms. The molecule has 1 aromatic carbocycles. The van der Waals surface area contributed by atoms with Crippen molar-refractivity contribution >= 4 is 17.7 Å². The summed E-state index contributed by atoms with van der Waals surface area (Å²) in [7, 11) is 0. The molecule has 29 heavy (non-hydrogen) atoms. The molecule has 0 saturated carbocycles. The molecule has 1 saturated heterocycles. The molecule has 2 aliphatic rings. The van der Waals surface area contributed by atoms with Crippen LogP contribution in [0.4, 0.5) is 16.2 Å². The first-order chi connectivity index (χ1) is 14.0. The second-order valence-electron chi connectivity index (χ2n) is 7.39. The summed E-state index contributed by atoms with van der Waals surface area (Å²) in [5.41, 5.74) is 2.84. The minimum absolute atomic E-state index is 0.155. The van der Waals surface area contributed by atoms with Crippen molar-refractivity contribution in [2.75, 3.05) is 36.7 Å². The molecule has 0 aliphatic carbocycles. The van der Waals surface area contributed by atoms with Crippen molar-refractivity contribution in [3.05, 3.63) is 40.4 Å². The van der Waals surface area contributed by atoms with E-state index in [0.29, 0.717) is 49.1 Å². The summed E-state index contributed by atoms with van der Waals surface area (Å²) < 4.78 is 13.6. The van der Waals surface area contributed by atoms with E-state index in [-0.39, 0.29) is 18.4 Å². The third-order valence-corrected chi connectivity index (χ3v) is 5.28. The summed E-state index contributed by atoms with van der Waals surface area (Å²) in [6.45, 7) is 4.54. The Morgan fingerprint density at radius 2 is 2.21 bits per heavy atom. The molecule has 0 radical (unpaired) electrons. The molecule has 0 atom stereocenters. The van der Waals surface area contributed by atoms with Crippen LogP contribution in [0.25, 0.3) is 11.3 Å². The topological polar surface area (TPSA) is 96.5 Å². The summed E-state index contributed by atoms with van der Waals surface area (Å²) in [5, 5.41) is 19.4. The van der Waals surface area contributed by atoms with Crippen LogP contribution in [0, 0.1) is 17.9 Å². The van der Waals surface area contributed by atoms with Gasteiger partial charge in [-0.25, -0.2) is 9.37 Å². The zero-order chi connectivity index (χ0) is 20.4. The molecule has 3 heterocycles. The molecule has 4 rings (SSSR count). The molecule has 154 valence electrons. The van der Waals surface area contributed by atoms with E-state index in [1.807, 2.05) is 11.8 Å². The molecule has 0 unspecified atom stereocenters. The molecule has 2 N–H and O–H groups in total. The standard InChI is InChI=1S/C20H24FN6O2/c1-13-10-14(21)5-6-15(13)18-16-11-22-12-27(29)19(16)25-20(24-18)23-7-3-9-26-8-2-4-17(26)28/h5-6,10,22H,2-4,7-9,11-12H2,1H3,(H,23,24,25)/q-1. The average molecular weight is 399 g/mol. The number of hydroxylamine groups is 1. The van der Waals surface area contributed by atoms with Gasteiger partial charge in [0.2, 0.25) is 11.9 Å². The van der Waals surface area contributed by atoms with Crippen LogP contribution in [-0.4, -0.2) is 47.1 Å². The lowest BCUT2D eigenvalue weighted by molar-refractivity contribution is -0.127. The maximum Gasteiger partial charge on any atom is 0.225 e. The van der Waals surface area contributed by atoms with E-state index in [1.54, 1.807) is 6.07 Å². The quantitative estimate of drug-likeness (QED) is 0.720. The van der Waals surface area contributed by atoms with Gasteiger partial charge < -0.3 is 20.5 Å². The SMILES string of the molecule is Cc1cc(F)ccc1-c1nc(NCCCN2CCCC2=O)nc2c1CNCN2[O-]. The number of hydrogen-bond acceptors (Lipinski definition) is 7. The number of amides is 1. The number of nitrogens with one attached hydrogen (secondary N) is 2. The van der Waals surface area contributed by atoms with E-state index in [1.165, 1.54) is 12.1 Å². The zero-order valence-corrected chi connectivity index (χ0v) is 16.4. The van der Waals surface area contributed by atoms with E-state index in [4.69, 9.17) is 0 Å². The summed E-state index contributed by atoms with van der Waals surface area (Å²) in [4.78, 5) is 22.6. The number of halogens is 1. The van der Waals surface area contributed by atoms with Crippen LogP contribution in [0.2, 0.25) is 0 Å². The minimum Gasteiger partial charge on any atom is -0.756 e. The summed E-state index contributed by atoms with van der Waals surface area (Å²) >= 11 is 0. The Kier molecular flexibility index (Phi) is 5.59. The van der Waals surface area contributed by atoms with Gasteiger partial charge in [0.15, 0.2) is 0 Å². The highest BCUT2D eigenvalue weighted by Crippen LogP contribution is 2.33. The highest BCUT2D eigenvalue weighted by molar-refractivity contribution is 5.78. The molecular weight excluding hydrogens is 375 g/mol. The Morgan fingerprint density at radius 1 is 1.34 bits per heavy atom. The first-order valence-corrected chi connectivity index (χ1v) is 9.87. The van der Waals surface area contributed by atoms with Crippen LogP contribution in [-0.2, 0) is 11.3 Å². The molecule has 8 nitrogen and oxygen atoms in total. The van der Waals surface area contributed by atoms with Gasteiger partial charge in [-0.15, -0.1) is 0 Å². The van der Waals surface area contributed by atoms with Gasteiger partial charge in [-0.3, -0.25) is 10.1 Å². The van der Waals surface area contributed by atoms with E-state index in [0.717, 1.165) is 35.6 Å². The number of anilines is 2. The number of aryl methyl sites for hydroxylation is 1. The third kappa shape index (κ3) is 4.15. The van der Waals surface area contributed by atoms with Gasteiger partial charge in [-0.2, -0.15) is 4.98 Å². The average Bonchev–Trinajstić information content (AvgIpc) is 3.10. The van der Waals surface area contributed by atoms with Crippen LogP contribution in [0.5, 0.6) is 0 Å². The van der Waals surface area contributed by atoms with Crippen molar-refractivity contribution in [3.8, 4) is 11.3 Å². The van der Waals surface area contributed by atoms with Crippen LogP contribution >= 0.6 is 0 Å². The Labute approximate surface area is 168 Å². The van der Waals surface area contributed by atoms with Crippen molar-refractivity contribution in [3.63, 3.8) is 0 Å². The number of carbonyl (C=O) groups is 1.